The summed E-state index contributed by atoms with van der Waals surface area (Å²) in [5, 5.41) is 0. The zero-order chi connectivity index (χ0) is 16.3. The summed E-state index contributed by atoms with van der Waals surface area (Å²) < 4.78 is 30.8. The van der Waals surface area contributed by atoms with Crippen LogP contribution in [0.15, 0.2) is 58.3 Å². The zero-order valence-corrected chi connectivity index (χ0v) is 14.2. The number of benzene rings is 2. The van der Waals surface area contributed by atoms with E-state index >= 15 is 0 Å². The third-order valence-corrected chi connectivity index (χ3v) is 5.15. The number of hydrogen-bond donors (Lipinski definition) is 0. The lowest BCUT2D eigenvalue weighted by Crippen LogP contribution is -2.06. The van der Waals surface area contributed by atoms with Gasteiger partial charge in [0.25, 0.3) is 0 Å². The van der Waals surface area contributed by atoms with Crippen LogP contribution in [0.2, 0.25) is 0 Å². The summed E-state index contributed by atoms with van der Waals surface area (Å²) in [5.41, 5.74) is 1.12. The SMILES string of the molecule is CC(C)Oc1ccc(S(=O)(=O)c2ccc(C(C)C)cc2)cc1. The van der Waals surface area contributed by atoms with Crippen molar-refractivity contribution in [2.45, 2.75) is 49.5 Å². The molecule has 0 N–H and O–H groups in total. The highest BCUT2D eigenvalue weighted by molar-refractivity contribution is 7.91. The molecule has 0 bridgehead atoms. The van der Waals surface area contributed by atoms with E-state index in [1.54, 1.807) is 36.4 Å². The van der Waals surface area contributed by atoms with E-state index in [-0.39, 0.29) is 11.0 Å². The maximum absolute atomic E-state index is 12.6. The smallest absolute Gasteiger partial charge is 0.206 e. The Hall–Kier alpha value is -1.81. The van der Waals surface area contributed by atoms with Gasteiger partial charge >= 0.3 is 0 Å². The average Bonchev–Trinajstić information content (AvgIpc) is 2.47. The summed E-state index contributed by atoms with van der Waals surface area (Å²) in [4.78, 5) is 0.593. The molecule has 0 aromatic heterocycles. The maximum atomic E-state index is 12.6. The fourth-order valence-corrected chi connectivity index (χ4v) is 3.40. The van der Waals surface area contributed by atoms with Crippen LogP contribution in [0.25, 0.3) is 0 Å². The Morgan fingerprint density at radius 3 is 1.64 bits per heavy atom. The first-order chi connectivity index (χ1) is 10.3. The molecule has 0 spiro atoms. The molecule has 0 heterocycles. The second-order valence-corrected chi connectivity index (χ2v) is 7.81. The van der Waals surface area contributed by atoms with Crippen molar-refractivity contribution in [1.82, 2.24) is 0 Å². The number of rotatable bonds is 5. The molecule has 0 amide bonds. The van der Waals surface area contributed by atoms with Crippen molar-refractivity contribution >= 4 is 9.84 Å². The van der Waals surface area contributed by atoms with E-state index in [2.05, 4.69) is 13.8 Å². The Morgan fingerprint density at radius 1 is 0.773 bits per heavy atom. The molecule has 2 rings (SSSR count). The molecule has 0 fully saturated rings. The first-order valence-electron chi connectivity index (χ1n) is 7.42. The fourth-order valence-electron chi connectivity index (χ4n) is 2.14. The van der Waals surface area contributed by atoms with E-state index in [9.17, 15) is 8.42 Å². The minimum absolute atomic E-state index is 0.0611. The molecular formula is C18H22O3S. The van der Waals surface area contributed by atoms with Crippen LogP contribution in [-0.4, -0.2) is 14.5 Å². The van der Waals surface area contributed by atoms with E-state index in [4.69, 9.17) is 4.74 Å². The van der Waals surface area contributed by atoms with Crippen molar-refractivity contribution in [3.63, 3.8) is 0 Å². The van der Waals surface area contributed by atoms with Crippen LogP contribution in [0.3, 0.4) is 0 Å². The van der Waals surface area contributed by atoms with Crippen molar-refractivity contribution in [3.05, 3.63) is 54.1 Å². The molecule has 0 atom stereocenters. The Bertz CT molecular complexity index is 712. The molecule has 2 aromatic rings. The molecule has 4 heteroatoms. The van der Waals surface area contributed by atoms with Gasteiger partial charge in [0.1, 0.15) is 5.75 Å². The highest BCUT2D eigenvalue weighted by Crippen LogP contribution is 2.25. The van der Waals surface area contributed by atoms with Crippen LogP contribution in [0.1, 0.15) is 39.2 Å². The van der Waals surface area contributed by atoms with E-state index < -0.39 is 9.84 Å². The van der Waals surface area contributed by atoms with Gasteiger partial charge in [0.15, 0.2) is 0 Å². The summed E-state index contributed by atoms with van der Waals surface area (Å²) in [6.45, 7) is 8.02. The summed E-state index contributed by atoms with van der Waals surface area (Å²) in [7, 11) is -3.48. The molecule has 0 saturated carbocycles. The topological polar surface area (TPSA) is 43.4 Å². The van der Waals surface area contributed by atoms with Gasteiger partial charge in [-0.15, -0.1) is 0 Å². The van der Waals surface area contributed by atoms with Crippen LogP contribution in [-0.2, 0) is 9.84 Å². The molecule has 0 aliphatic heterocycles. The van der Waals surface area contributed by atoms with Gasteiger partial charge in [0, 0.05) is 0 Å². The zero-order valence-electron chi connectivity index (χ0n) is 13.4. The predicted molar refractivity (Wildman–Crippen MR) is 88.2 cm³/mol. The predicted octanol–water partition coefficient (Wildman–Crippen LogP) is 4.43. The minimum atomic E-state index is -3.48. The Balaban J connectivity index is 2.29. The van der Waals surface area contributed by atoms with Crippen LogP contribution < -0.4 is 4.74 Å². The first-order valence-corrected chi connectivity index (χ1v) is 8.91. The van der Waals surface area contributed by atoms with Gasteiger partial charge < -0.3 is 4.74 Å². The summed E-state index contributed by atoms with van der Waals surface area (Å²) in [6, 6.07) is 13.6. The number of ether oxygens (including phenoxy) is 1. The van der Waals surface area contributed by atoms with E-state index in [0.717, 1.165) is 5.56 Å². The highest BCUT2D eigenvalue weighted by Gasteiger charge is 2.17. The highest BCUT2D eigenvalue weighted by atomic mass is 32.2. The van der Waals surface area contributed by atoms with Crippen LogP contribution in [0.4, 0.5) is 0 Å². The fraction of sp³-hybridized carbons (Fsp3) is 0.333. The average molecular weight is 318 g/mol. The van der Waals surface area contributed by atoms with Gasteiger partial charge in [-0.3, -0.25) is 0 Å². The molecule has 118 valence electrons. The van der Waals surface area contributed by atoms with Gasteiger partial charge in [-0.05, 0) is 61.7 Å². The van der Waals surface area contributed by atoms with E-state index in [1.807, 2.05) is 26.0 Å². The summed E-state index contributed by atoms with van der Waals surface area (Å²) in [5.74, 6) is 1.05. The van der Waals surface area contributed by atoms with Crippen molar-refractivity contribution in [2.75, 3.05) is 0 Å². The molecule has 3 nitrogen and oxygen atoms in total. The monoisotopic (exact) mass is 318 g/mol. The second-order valence-electron chi connectivity index (χ2n) is 5.87. The molecule has 0 unspecified atom stereocenters. The lowest BCUT2D eigenvalue weighted by molar-refractivity contribution is 0.242. The van der Waals surface area contributed by atoms with Crippen molar-refractivity contribution in [1.29, 1.82) is 0 Å². The lowest BCUT2D eigenvalue weighted by atomic mass is 10.0. The molecule has 0 aliphatic carbocycles. The molecule has 0 radical (unpaired) electrons. The van der Waals surface area contributed by atoms with Gasteiger partial charge in [-0.1, -0.05) is 26.0 Å². The molecule has 22 heavy (non-hydrogen) atoms. The van der Waals surface area contributed by atoms with Gasteiger partial charge in [-0.2, -0.15) is 0 Å². The molecular weight excluding hydrogens is 296 g/mol. The maximum Gasteiger partial charge on any atom is 0.206 e. The van der Waals surface area contributed by atoms with Crippen molar-refractivity contribution in [3.8, 4) is 5.75 Å². The third-order valence-electron chi connectivity index (χ3n) is 3.36. The van der Waals surface area contributed by atoms with Crippen LogP contribution in [0, 0.1) is 0 Å². The van der Waals surface area contributed by atoms with Crippen LogP contribution >= 0.6 is 0 Å². The van der Waals surface area contributed by atoms with E-state index in [1.165, 1.54) is 0 Å². The van der Waals surface area contributed by atoms with Crippen LogP contribution in [0.5, 0.6) is 5.75 Å². The number of hydrogen-bond acceptors (Lipinski definition) is 3. The second kappa shape index (κ2) is 6.53. The quantitative estimate of drug-likeness (QED) is 0.819. The first kappa shape index (κ1) is 16.6. The van der Waals surface area contributed by atoms with Gasteiger partial charge in [-0.25, -0.2) is 8.42 Å². The Kier molecular flexibility index (Phi) is 4.91. The normalized spacial score (nSPS) is 11.9. The summed E-state index contributed by atoms with van der Waals surface area (Å²) >= 11 is 0. The van der Waals surface area contributed by atoms with Crippen molar-refractivity contribution < 1.29 is 13.2 Å². The van der Waals surface area contributed by atoms with Crippen molar-refractivity contribution in [2.24, 2.45) is 0 Å². The Labute approximate surface area is 132 Å². The molecule has 2 aromatic carbocycles. The van der Waals surface area contributed by atoms with Gasteiger partial charge in [0.2, 0.25) is 9.84 Å². The minimum Gasteiger partial charge on any atom is -0.491 e. The van der Waals surface area contributed by atoms with Gasteiger partial charge in [0.05, 0.1) is 15.9 Å². The third kappa shape index (κ3) is 3.69. The number of sulfone groups is 1. The van der Waals surface area contributed by atoms with E-state index in [0.29, 0.717) is 16.6 Å². The lowest BCUT2D eigenvalue weighted by Gasteiger charge is -2.11. The summed E-state index contributed by atoms with van der Waals surface area (Å²) in [6.07, 6.45) is 0.0611. The molecule has 0 saturated heterocycles. The Morgan fingerprint density at radius 2 is 1.23 bits per heavy atom. The standard InChI is InChI=1S/C18H22O3S/c1-13(2)15-5-9-17(10-6-15)22(19,20)18-11-7-16(8-12-18)21-14(3)4/h5-14H,1-4H3. The largest absolute Gasteiger partial charge is 0.491 e. The molecule has 0 aliphatic rings.